The summed E-state index contributed by atoms with van der Waals surface area (Å²) in [5.74, 6) is 0. The van der Waals surface area contributed by atoms with Crippen LogP contribution in [0, 0.1) is 10.1 Å². The van der Waals surface area contributed by atoms with Crippen LogP contribution in [0.25, 0.3) is 0 Å². The minimum absolute atomic E-state index is 0. The van der Waals surface area contributed by atoms with E-state index in [1.165, 1.54) is 12.1 Å². The van der Waals surface area contributed by atoms with Crippen LogP contribution in [0.3, 0.4) is 0 Å². The Morgan fingerprint density at radius 2 is 1.77 bits per heavy atom. The Bertz CT molecular complexity index is 298. The van der Waals surface area contributed by atoms with Gasteiger partial charge in [-0.05, 0) is 23.2 Å². The van der Waals surface area contributed by atoms with Gasteiger partial charge in [-0.15, -0.1) is 0 Å². The van der Waals surface area contributed by atoms with Crippen LogP contribution < -0.4 is 29.6 Å². The van der Waals surface area contributed by atoms with E-state index in [4.69, 9.17) is 0 Å². The van der Waals surface area contributed by atoms with Gasteiger partial charge in [0.25, 0.3) is 5.69 Å². The van der Waals surface area contributed by atoms with Crippen LogP contribution >= 0.6 is 0 Å². The molecule has 7 heteroatoms. The van der Waals surface area contributed by atoms with Crippen LogP contribution in [-0.4, -0.2) is 13.7 Å². The third-order valence-electron chi connectivity index (χ3n) is 1.24. The number of nitrogens with zero attached hydrogens (tertiary/aromatic N) is 1. The molecule has 0 aromatic heterocycles. The van der Waals surface area contributed by atoms with Gasteiger partial charge in [-0.1, -0.05) is 0 Å². The molecule has 0 fully saturated rings. The zero-order valence-electron chi connectivity index (χ0n) is 7.80. The zero-order chi connectivity index (χ0) is 9.14. The van der Waals surface area contributed by atoms with E-state index >= 15 is 0 Å². The fourth-order valence-corrected chi connectivity index (χ4v) is 1.04. The fourth-order valence-electron chi connectivity index (χ4n) is 0.679. The van der Waals surface area contributed by atoms with Gasteiger partial charge in [0.05, 0.1) is 4.92 Å². The average Bonchev–Trinajstić information content (AvgIpc) is 2.04. The average molecular weight is 210 g/mol. The topological polar surface area (TPSA) is 83.3 Å². The summed E-state index contributed by atoms with van der Waals surface area (Å²) in [6.07, 6.45) is 0. The van der Waals surface area contributed by atoms with E-state index in [9.17, 15) is 18.9 Å². The number of hydrogen-bond acceptors (Lipinski definition) is 4. The van der Waals surface area contributed by atoms with Crippen LogP contribution in [0.5, 0.6) is 0 Å². The summed E-state index contributed by atoms with van der Waals surface area (Å²) in [5.41, 5.74) is -0.121. The molecule has 0 saturated heterocycles. The van der Waals surface area contributed by atoms with Crippen molar-refractivity contribution in [2.75, 3.05) is 0 Å². The molecule has 1 rings (SSSR count). The van der Waals surface area contributed by atoms with Crippen molar-refractivity contribution in [1.29, 1.82) is 0 Å². The van der Waals surface area contributed by atoms with E-state index in [1.807, 2.05) is 0 Å². The van der Waals surface area contributed by atoms with Crippen molar-refractivity contribution in [3.05, 3.63) is 34.4 Å². The summed E-state index contributed by atoms with van der Waals surface area (Å²) in [6, 6.07) is 4.65. The standard InChI is InChI=1S/C6H5NO4S.Na.H/c8-7(9)5-1-3-6(4-2-5)12(10)11;;/h1-4H,(H,10,11);;/q;+1;-1/p-1. The van der Waals surface area contributed by atoms with E-state index in [2.05, 4.69) is 0 Å². The molecule has 13 heavy (non-hydrogen) atoms. The summed E-state index contributed by atoms with van der Waals surface area (Å²) >= 11 is -2.32. The Hall–Kier alpha value is -0.270. The Balaban J connectivity index is 0. The minimum Gasteiger partial charge on any atom is -1.00 e. The quantitative estimate of drug-likeness (QED) is 0.243. The SMILES string of the molecule is O=[N+]([O-])c1ccc(S(=O)[O-])cc1.[H-].[Na+]. The second kappa shape index (κ2) is 5.46. The van der Waals surface area contributed by atoms with Crippen molar-refractivity contribution >= 4 is 16.8 Å². The van der Waals surface area contributed by atoms with Gasteiger partial charge in [0.1, 0.15) is 0 Å². The third-order valence-corrected chi connectivity index (χ3v) is 1.90. The molecule has 0 aliphatic carbocycles. The molecule has 66 valence electrons. The van der Waals surface area contributed by atoms with Gasteiger partial charge in [0.15, 0.2) is 0 Å². The second-order valence-corrected chi connectivity index (χ2v) is 2.93. The number of non-ortho nitro benzene ring substituents is 1. The first-order valence-electron chi connectivity index (χ1n) is 2.95. The number of nitro benzene ring substituents is 1. The van der Waals surface area contributed by atoms with Crippen LogP contribution in [-0.2, 0) is 11.1 Å². The number of rotatable bonds is 2. The number of hydrogen-bond donors (Lipinski definition) is 0. The summed E-state index contributed by atoms with van der Waals surface area (Å²) in [5, 5.41) is 10.1. The molecule has 0 aliphatic rings. The van der Waals surface area contributed by atoms with E-state index in [1.54, 1.807) is 0 Å². The molecule has 0 saturated carbocycles. The minimum atomic E-state index is -2.32. The summed E-state index contributed by atoms with van der Waals surface area (Å²) in [7, 11) is 0. The maximum Gasteiger partial charge on any atom is 1.00 e. The molecule has 0 bridgehead atoms. The van der Waals surface area contributed by atoms with Gasteiger partial charge in [-0.2, -0.15) is 0 Å². The molecule has 0 aliphatic heterocycles. The molecule has 0 N–H and O–H groups in total. The molecule has 0 amide bonds. The molecule has 1 atom stereocenters. The van der Waals surface area contributed by atoms with Crippen molar-refractivity contribution in [3.8, 4) is 0 Å². The molecule has 0 heterocycles. The van der Waals surface area contributed by atoms with E-state index in [0.29, 0.717) is 0 Å². The number of benzene rings is 1. The summed E-state index contributed by atoms with van der Waals surface area (Å²) in [6.45, 7) is 0. The van der Waals surface area contributed by atoms with Gasteiger partial charge >= 0.3 is 29.6 Å². The zero-order valence-corrected chi connectivity index (χ0v) is 9.61. The first kappa shape index (κ1) is 12.7. The van der Waals surface area contributed by atoms with Crippen LogP contribution in [0.15, 0.2) is 29.2 Å². The van der Waals surface area contributed by atoms with E-state index in [-0.39, 0.29) is 41.6 Å². The molecular weight excluding hydrogens is 205 g/mol. The first-order chi connectivity index (χ1) is 5.61. The largest absolute Gasteiger partial charge is 1.00 e. The molecule has 0 radical (unpaired) electrons. The van der Waals surface area contributed by atoms with Crippen molar-refractivity contribution in [2.45, 2.75) is 4.90 Å². The molecule has 1 aromatic rings. The molecular formula is C6H5NNaO4S-. The van der Waals surface area contributed by atoms with E-state index in [0.717, 1.165) is 12.1 Å². The van der Waals surface area contributed by atoms with Crippen molar-refractivity contribution < 1.29 is 44.7 Å². The smallest absolute Gasteiger partial charge is 1.00 e. The van der Waals surface area contributed by atoms with Crippen molar-refractivity contribution in [2.24, 2.45) is 0 Å². The van der Waals surface area contributed by atoms with Crippen LogP contribution in [0.4, 0.5) is 5.69 Å². The Labute approximate surface area is 100 Å². The number of nitro groups is 1. The second-order valence-electron chi connectivity index (χ2n) is 1.99. The first-order valence-corrected chi connectivity index (χ1v) is 4.02. The van der Waals surface area contributed by atoms with Gasteiger partial charge in [-0.3, -0.25) is 14.3 Å². The monoisotopic (exact) mass is 210 g/mol. The predicted molar refractivity (Wildman–Crippen MR) is 41.4 cm³/mol. The molecule has 1 unspecified atom stereocenters. The van der Waals surface area contributed by atoms with Crippen LogP contribution in [0.2, 0.25) is 0 Å². The predicted octanol–water partition coefficient (Wildman–Crippen LogP) is -2.05. The van der Waals surface area contributed by atoms with Gasteiger partial charge < -0.3 is 5.98 Å². The van der Waals surface area contributed by atoms with Gasteiger partial charge in [-0.25, -0.2) is 0 Å². The summed E-state index contributed by atoms with van der Waals surface area (Å²) in [4.78, 5) is 9.59. The Kier molecular flexibility index (Phi) is 5.34. The van der Waals surface area contributed by atoms with Crippen molar-refractivity contribution in [1.82, 2.24) is 0 Å². The third kappa shape index (κ3) is 3.53. The molecule has 5 nitrogen and oxygen atoms in total. The van der Waals surface area contributed by atoms with E-state index < -0.39 is 16.0 Å². The molecule has 1 aromatic carbocycles. The maximum absolute atomic E-state index is 10.3. The van der Waals surface area contributed by atoms with Gasteiger partial charge in [0.2, 0.25) is 0 Å². The summed E-state index contributed by atoms with van der Waals surface area (Å²) < 4.78 is 20.6. The normalized spacial score (nSPS) is 11.5. The molecule has 0 spiro atoms. The Morgan fingerprint density at radius 1 is 1.31 bits per heavy atom. The fraction of sp³-hybridized carbons (Fsp3) is 0. The van der Waals surface area contributed by atoms with Crippen molar-refractivity contribution in [3.63, 3.8) is 0 Å². The van der Waals surface area contributed by atoms with Crippen LogP contribution in [0.1, 0.15) is 1.43 Å². The maximum atomic E-state index is 10.3. The van der Waals surface area contributed by atoms with Gasteiger partial charge in [0, 0.05) is 17.0 Å². The Morgan fingerprint density at radius 3 is 2.08 bits per heavy atom.